The van der Waals surface area contributed by atoms with Crippen molar-refractivity contribution in [3.63, 3.8) is 0 Å². The van der Waals surface area contributed by atoms with Gasteiger partial charge in [-0.1, -0.05) is 59.9 Å². The monoisotopic (exact) mass is 344 g/mol. The Labute approximate surface area is 141 Å². The van der Waals surface area contributed by atoms with Crippen molar-refractivity contribution in [2.24, 2.45) is 11.5 Å². The molecule has 5 nitrogen and oxygen atoms in total. The van der Waals surface area contributed by atoms with Crippen molar-refractivity contribution < 1.29 is 4.42 Å². The summed E-state index contributed by atoms with van der Waals surface area (Å²) in [5.41, 5.74) is 14.6. The van der Waals surface area contributed by atoms with E-state index in [4.69, 9.17) is 26.7 Å². The number of nitrogens with one attached hydrogen (secondary N) is 2. The molecule has 0 aliphatic rings. The van der Waals surface area contributed by atoms with Gasteiger partial charge in [-0.25, -0.2) is 0 Å². The van der Waals surface area contributed by atoms with Crippen LogP contribution < -0.4 is 11.5 Å². The van der Waals surface area contributed by atoms with Gasteiger partial charge in [0.05, 0.1) is 0 Å². The van der Waals surface area contributed by atoms with E-state index in [1.807, 2.05) is 36.4 Å². The summed E-state index contributed by atoms with van der Waals surface area (Å²) >= 11 is 2.56. The topological polar surface area (TPSA) is 113 Å². The van der Waals surface area contributed by atoms with Crippen LogP contribution in [0.5, 0.6) is 0 Å². The van der Waals surface area contributed by atoms with E-state index in [1.165, 1.54) is 23.5 Å². The van der Waals surface area contributed by atoms with Crippen LogP contribution in [-0.4, -0.2) is 10.3 Å². The van der Waals surface area contributed by atoms with Gasteiger partial charge in [0, 0.05) is 33.4 Å². The molecule has 0 bridgehead atoms. The third-order valence-electron chi connectivity index (χ3n) is 3.45. The van der Waals surface area contributed by atoms with Gasteiger partial charge in [-0.3, -0.25) is 10.8 Å². The van der Waals surface area contributed by atoms with Gasteiger partial charge in [0.15, 0.2) is 10.3 Å². The van der Waals surface area contributed by atoms with Crippen molar-refractivity contribution in [3.05, 3.63) is 47.5 Å². The molecule has 0 aliphatic carbocycles. The Hall–Kier alpha value is -2.12. The second-order valence-electron chi connectivity index (χ2n) is 5.00. The molecule has 2 aromatic carbocycles. The average molecular weight is 344 g/mol. The van der Waals surface area contributed by atoms with Crippen LogP contribution in [0.25, 0.3) is 21.9 Å². The van der Waals surface area contributed by atoms with Gasteiger partial charge in [0.2, 0.25) is 0 Å². The SMILES string of the molecule is N=C(N)SCc1cccc2c1oc1c(CSC(=N)N)cccc12. The number of furan rings is 1. The van der Waals surface area contributed by atoms with Gasteiger partial charge in [0.25, 0.3) is 0 Å². The number of rotatable bonds is 4. The van der Waals surface area contributed by atoms with Crippen LogP contribution in [0.15, 0.2) is 40.8 Å². The molecule has 0 radical (unpaired) electrons. The van der Waals surface area contributed by atoms with E-state index in [0.717, 1.165) is 33.1 Å². The molecule has 0 aliphatic heterocycles. The molecule has 1 heterocycles. The van der Waals surface area contributed by atoms with Gasteiger partial charge in [-0.2, -0.15) is 0 Å². The minimum atomic E-state index is 0.0941. The lowest BCUT2D eigenvalue weighted by Gasteiger charge is -2.01. The summed E-state index contributed by atoms with van der Waals surface area (Å²) in [7, 11) is 0. The molecule has 1 aromatic heterocycles. The summed E-state index contributed by atoms with van der Waals surface area (Å²) in [4.78, 5) is 0. The van der Waals surface area contributed by atoms with Gasteiger partial charge < -0.3 is 15.9 Å². The minimum absolute atomic E-state index is 0.0941. The van der Waals surface area contributed by atoms with E-state index in [2.05, 4.69) is 0 Å². The van der Waals surface area contributed by atoms with E-state index in [-0.39, 0.29) is 10.3 Å². The summed E-state index contributed by atoms with van der Waals surface area (Å²) in [6.45, 7) is 0. The molecule has 3 aromatic rings. The van der Waals surface area contributed by atoms with Crippen molar-refractivity contribution in [1.29, 1.82) is 10.8 Å². The third kappa shape index (κ3) is 3.30. The Balaban J connectivity index is 2.09. The van der Waals surface area contributed by atoms with E-state index in [1.54, 1.807) is 0 Å². The van der Waals surface area contributed by atoms with Crippen molar-refractivity contribution >= 4 is 55.8 Å². The second-order valence-corrected chi connectivity index (χ2v) is 7.03. The maximum absolute atomic E-state index is 7.36. The summed E-state index contributed by atoms with van der Waals surface area (Å²) < 4.78 is 6.13. The van der Waals surface area contributed by atoms with Crippen LogP contribution in [0.1, 0.15) is 11.1 Å². The van der Waals surface area contributed by atoms with Crippen LogP contribution in [0, 0.1) is 10.8 Å². The van der Waals surface area contributed by atoms with Gasteiger partial charge >= 0.3 is 0 Å². The molecular formula is C16H16N4OS2. The highest BCUT2D eigenvalue weighted by Gasteiger charge is 2.14. The molecule has 0 saturated carbocycles. The lowest BCUT2D eigenvalue weighted by molar-refractivity contribution is 0.662. The predicted molar refractivity (Wildman–Crippen MR) is 100 cm³/mol. The average Bonchev–Trinajstić information content (AvgIpc) is 2.90. The Morgan fingerprint density at radius 1 is 0.826 bits per heavy atom. The Morgan fingerprint density at radius 2 is 1.26 bits per heavy atom. The maximum Gasteiger partial charge on any atom is 0.151 e. The number of nitrogens with two attached hydrogens (primary N) is 2. The van der Waals surface area contributed by atoms with Crippen LogP contribution in [-0.2, 0) is 11.5 Å². The number of benzene rings is 2. The molecule has 0 unspecified atom stereocenters. The summed E-state index contributed by atoms with van der Waals surface area (Å²) in [6.07, 6.45) is 0. The predicted octanol–water partition coefficient (Wildman–Crippen LogP) is 3.84. The largest absolute Gasteiger partial charge is 0.455 e. The maximum atomic E-state index is 7.36. The number of amidine groups is 2. The molecule has 6 N–H and O–H groups in total. The number of fused-ring (bicyclic) bond motifs is 3. The zero-order valence-electron chi connectivity index (χ0n) is 12.3. The van der Waals surface area contributed by atoms with Gasteiger partial charge in [0.1, 0.15) is 11.2 Å². The molecule has 0 atom stereocenters. The van der Waals surface area contributed by atoms with Gasteiger partial charge in [-0.05, 0) is 0 Å². The third-order valence-corrected chi connectivity index (χ3v) is 4.99. The number of thioether (sulfide) groups is 2. The van der Waals surface area contributed by atoms with Crippen LogP contribution in [0.2, 0.25) is 0 Å². The first-order valence-electron chi connectivity index (χ1n) is 6.92. The standard InChI is InChI=1S/C16H16N4OS2/c17-15(18)22-7-9-3-1-5-11-12-6-2-4-10(8-23-16(19)20)14(12)21-13(9)11/h1-6H,7-8H2,(H3,17,18)(H3,19,20). The Kier molecular flexibility index (Phi) is 4.49. The zero-order valence-corrected chi connectivity index (χ0v) is 13.9. The fourth-order valence-electron chi connectivity index (χ4n) is 2.48. The molecule has 0 saturated heterocycles. The molecule has 0 amide bonds. The molecule has 0 spiro atoms. The highest BCUT2D eigenvalue weighted by Crippen LogP contribution is 2.35. The lowest BCUT2D eigenvalue weighted by Crippen LogP contribution is -2.03. The number of hydrogen-bond acceptors (Lipinski definition) is 5. The van der Waals surface area contributed by atoms with E-state index in [0.29, 0.717) is 11.5 Å². The number of hydrogen-bond donors (Lipinski definition) is 4. The molecule has 0 fully saturated rings. The van der Waals surface area contributed by atoms with Crippen LogP contribution >= 0.6 is 23.5 Å². The highest BCUT2D eigenvalue weighted by atomic mass is 32.2. The molecular weight excluding hydrogens is 328 g/mol. The normalized spacial score (nSPS) is 11.1. The van der Waals surface area contributed by atoms with E-state index in [9.17, 15) is 0 Å². The summed E-state index contributed by atoms with van der Waals surface area (Å²) in [5, 5.41) is 17.0. The Morgan fingerprint density at radius 3 is 1.65 bits per heavy atom. The molecule has 7 heteroatoms. The second kappa shape index (κ2) is 6.55. The van der Waals surface area contributed by atoms with Crippen LogP contribution in [0.3, 0.4) is 0 Å². The fraction of sp³-hybridized carbons (Fsp3) is 0.125. The smallest absolute Gasteiger partial charge is 0.151 e. The van der Waals surface area contributed by atoms with E-state index >= 15 is 0 Å². The first-order valence-corrected chi connectivity index (χ1v) is 8.89. The summed E-state index contributed by atoms with van der Waals surface area (Å²) in [5.74, 6) is 1.20. The van der Waals surface area contributed by atoms with Crippen molar-refractivity contribution in [1.82, 2.24) is 0 Å². The Bertz CT molecular complexity index is 831. The molecule has 118 valence electrons. The quantitative estimate of drug-likeness (QED) is 0.424. The molecule has 23 heavy (non-hydrogen) atoms. The number of para-hydroxylation sites is 2. The first kappa shape index (κ1) is 15.8. The van der Waals surface area contributed by atoms with E-state index < -0.39 is 0 Å². The molecule has 3 rings (SSSR count). The lowest BCUT2D eigenvalue weighted by atomic mass is 10.1. The highest BCUT2D eigenvalue weighted by molar-refractivity contribution is 8.13. The van der Waals surface area contributed by atoms with Crippen molar-refractivity contribution in [2.45, 2.75) is 11.5 Å². The van der Waals surface area contributed by atoms with Crippen molar-refractivity contribution in [3.8, 4) is 0 Å². The zero-order chi connectivity index (χ0) is 16.4. The van der Waals surface area contributed by atoms with Crippen molar-refractivity contribution in [2.75, 3.05) is 0 Å². The van der Waals surface area contributed by atoms with Gasteiger partial charge in [-0.15, -0.1) is 0 Å². The first-order chi connectivity index (χ1) is 11.1. The minimum Gasteiger partial charge on any atom is -0.455 e. The summed E-state index contributed by atoms with van der Waals surface area (Å²) in [6, 6.07) is 12.0. The fourth-order valence-corrected chi connectivity index (χ4v) is 3.55. The van der Waals surface area contributed by atoms with Crippen LogP contribution in [0.4, 0.5) is 0 Å².